The molecule has 1 aromatic carbocycles. The highest BCUT2D eigenvalue weighted by atomic mass is 16.5. The number of hydrogen-bond donors (Lipinski definition) is 1. The van der Waals surface area contributed by atoms with Crippen LogP contribution in [-0.2, 0) is 4.79 Å². The molecule has 0 aliphatic rings. The molecule has 0 heterocycles. The van der Waals surface area contributed by atoms with E-state index in [2.05, 4.69) is 5.32 Å². The van der Waals surface area contributed by atoms with Gasteiger partial charge >= 0.3 is 0 Å². The van der Waals surface area contributed by atoms with Gasteiger partial charge < -0.3 is 14.8 Å². The summed E-state index contributed by atoms with van der Waals surface area (Å²) >= 11 is 0. The summed E-state index contributed by atoms with van der Waals surface area (Å²) in [5, 5.41) is 11.8. The van der Waals surface area contributed by atoms with Crippen LogP contribution in [0.4, 0.5) is 0 Å². The van der Waals surface area contributed by atoms with Crippen LogP contribution in [0.25, 0.3) is 6.08 Å². The van der Waals surface area contributed by atoms with Crippen molar-refractivity contribution in [1.82, 2.24) is 5.32 Å². The number of rotatable bonds is 6. The molecule has 1 amide bonds. The van der Waals surface area contributed by atoms with Crippen molar-refractivity contribution in [3.8, 4) is 17.6 Å². The second-order valence-corrected chi connectivity index (χ2v) is 4.64. The normalized spacial score (nSPS) is 11.0. The fraction of sp³-hybridized carbons (Fsp3) is 0.375. The van der Waals surface area contributed by atoms with Gasteiger partial charge in [-0.3, -0.25) is 4.79 Å². The van der Waals surface area contributed by atoms with E-state index >= 15 is 0 Å². The van der Waals surface area contributed by atoms with Gasteiger partial charge in [0.2, 0.25) is 0 Å². The minimum atomic E-state index is -0.389. The third-order valence-electron chi connectivity index (χ3n) is 2.58. The molecular weight excluding hydrogens is 268 g/mol. The molecule has 1 aromatic rings. The molecule has 21 heavy (non-hydrogen) atoms. The average Bonchev–Trinajstić information content (AvgIpc) is 2.45. The Balaban J connectivity index is 3.07. The van der Waals surface area contributed by atoms with Crippen molar-refractivity contribution in [2.24, 2.45) is 0 Å². The molecule has 0 aromatic heterocycles. The number of carbonyl (C=O) groups is 1. The number of nitrogens with zero attached hydrogens (tertiary/aromatic N) is 1. The SMILES string of the molecule is CCOc1ccc(/C=C(/C#N)C(=O)NC(C)C)cc1OC. The van der Waals surface area contributed by atoms with Crippen molar-refractivity contribution in [1.29, 1.82) is 5.26 Å². The van der Waals surface area contributed by atoms with Crippen LogP contribution in [-0.4, -0.2) is 25.7 Å². The van der Waals surface area contributed by atoms with Crippen LogP contribution in [0.3, 0.4) is 0 Å². The molecule has 0 radical (unpaired) electrons. The lowest BCUT2D eigenvalue weighted by atomic mass is 10.1. The fourth-order valence-corrected chi connectivity index (χ4v) is 1.70. The van der Waals surface area contributed by atoms with Gasteiger partial charge in [-0.15, -0.1) is 0 Å². The standard InChI is InChI=1S/C16H20N2O3/c1-5-21-14-7-6-12(9-15(14)20-4)8-13(10-17)16(19)18-11(2)3/h6-9,11H,5H2,1-4H3,(H,18,19)/b13-8-. The zero-order valence-corrected chi connectivity index (χ0v) is 12.8. The van der Waals surface area contributed by atoms with Crippen LogP contribution in [0.1, 0.15) is 26.3 Å². The van der Waals surface area contributed by atoms with Gasteiger partial charge in [-0.1, -0.05) is 6.07 Å². The Morgan fingerprint density at radius 1 is 1.43 bits per heavy atom. The largest absolute Gasteiger partial charge is 0.493 e. The molecule has 0 unspecified atom stereocenters. The summed E-state index contributed by atoms with van der Waals surface area (Å²) in [6.07, 6.45) is 1.52. The molecule has 0 fully saturated rings. The van der Waals surface area contributed by atoms with Gasteiger partial charge in [0.25, 0.3) is 5.91 Å². The van der Waals surface area contributed by atoms with Crippen molar-refractivity contribution < 1.29 is 14.3 Å². The summed E-state index contributed by atoms with van der Waals surface area (Å²) in [6, 6.07) is 7.14. The number of amides is 1. The van der Waals surface area contributed by atoms with Gasteiger partial charge in [-0.25, -0.2) is 0 Å². The van der Waals surface area contributed by atoms with Crippen molar-refractivity contribution in [3.05, 3.63) is 29.3 Å². The van der Waals surface area contributed by atoms with Crippen LogP contribution in [0.5, 0.6) is 11.5 Å². The Labute approximate surface area is 125 Å². The first-order valence-corrected chi connectivity index (χ1v) is 6.75. The van der Waals surface area contributed by atoms with Crippen LogP contribution in [0, 0.1) is 11.3 Å². The summed E-state index contributed by atoms with van der Waals surface area (Å²) in [5.74, 6) is 0.801. The molecule has 0 spiro atoms. The van der Waals surface area contributed by atoms with E-state index in [1.54, 1.807) is 25.3 Å². The zero-order chi connectivity index (χ0) is 15.8. The third kappa shape index (κ3) is 4.84. The Kier molecular flexibility index (Phi) is 6.28. The molecule has 5 nitrogen and oxygen atoms in total. The van der Waals surface area contributed by atoms with Gasteiger partial charge in [-0.05, 0) is 44.5 Å². The summed E-state index contributed by atoms with van der Waals surface area (Å²) in [7, 11) is 1.54. The highest BCUT2D eigenvalue weighted by Gasteiger charge is 2.11. The maximum Gasteiger partial charge on any atom is 0.262 e. The number of hydrogen-bond acceptors (Lipinski definition) is 4. The van der Waals surface area contributed by atoms with E-state index in [1.807, 2.05) is 26.8 Å². The smallest absolute Gasteiger partial charge is 0.262 e. The Morgan fingerprint density at radius 3 is 2.67 bits per heavy atom. The summed E-state index contributed by atoms with van der Waals surface area (Å²) < 4.78 is 10.7. The number of nitrogens with one attached hydrogen (secondary N) is 1. The van der Waals surface area contributed by atoms with E-state index in [9.17, 15) is 4.79 Å². The van der Waals surface area contributed by atoms with E-state index < -0.39 is 0 Å². The number of nitriles is 1. The summed E-state index contributed by atoms with van der Waals surface area (Å²) in [5.41, 5.74) is 0.751. The summed E-state index contributed by atoms with van der Waals surface area (Å²) in [6.45, 7) is 6.10. The lowest BCUT2D eigenvalue weighted by molar-refractivity contribution is -0.117. The fourth-order valence-electron chi connectivity index (χ4n) is 1.70. The summed E-state index contributed by atoms with van der Waals surface area (Å²) in [4.78, 5) is 11.9. The first-order chi connectivity index (χ1) is 10.0. The lowest BCUT2D eigenvalue weighted by Gasteiger charge is -2.10. The highest BCUT2D eigenvalue weighted by Crippen LogP contribution is 2.28. The molecule has 0 atom stereocenters. The third-order valence-corrected chi connectivity index (χ3v) is 2.58. The molecule has 1 rings (SSSR count). The van der Waals surface area contributed by atoms with Crippen molar-refractivity contribution in [2.75, 3.05) is 13.7 Å². The molecule has 5 heteroatoms. The minimum Gasteiger partial charge on any atom is -0.493 e. The van der Waals surface area contributed by atoms with Crippen LogP contribution >= 0.6 is 0 Å². The first-order valence-electron chi connectivity index (χ1n) is 6.75. The highest BCUT2D eigenvalue weighted by molar-refractivity contribution is 6.01. The number of carbonyl (C=O) groups excluding carboxylic acids is 1. The van der Waals surface area contributed by atoms with Gasteiger partial charge in [0.1, 0.15) is 11.6 Å². The molecule has 0 saturated carbocycles. The second-order valence-electron chi connectivity index (χ2n) is 4.64. The average molecular weight is 288 g/mol. The van der Waals surface area contributed by atoms with E-state index in [0.29, 0.717) is 23.7 Å². The maximum absolute atomic E-state index is 11.9. The minimum absolute atomic E-state index is 0.0240. The van der Waals surface area contributed by atoms with E-state index in [-0.39, 0.29) is 17.5 Å². The number of ether oxygens (including phenoxy) is 2. The van der Waals surface area contributed by atoms with Crippen molar-refractivity contribution in [3.63, 3.8) is 0 Å². The quantitative estimate of drug-likeness (QED) is 0.645. The van der Waals surface area contributed by atoms with E-state index in [1.165, 1.54) is 6.08 Å². The molecule has 0 aliphatic carbocycles. The molecule has 112 valence electrons. The topological polar surface area (TPSA) is 71.3 Å². The Hall–Kier alpha value is -2.48. The van der Waals surface area contributed by atoms with Gasteiger partial charge in [-0.2, -0.15) is 5.26 Å². The van der Waals surface area contributed by atoms with Crippen LogP contribution in [0.2, 0.25) is 0 Å². The van der Waals surface area contributed by atoms with Crippen LogP contribution < -0.4 is 14.8 Å². The lowest BCUT2D eigenvalue weighted by Crippen LogP contribution is -2.30. The Morgan fingerprint density at radius 2 is 2.14 bits per heavy atom. The number of methoxy groups -OCH3 is 1. The van der Waals surface area contributed by atoms with Crippen molar-refractivity contribution >= 4 is 12.0 Å². The number of benzene rings is 1. The van der Waals surface area contributed by atoms with Crippen molar-refractivity contribution in [2.45, 2.75) is 26.8 Å². The van der Waals surface area contributed by atoms with Crippen LogP contribution in [0.15, 0.2) is 23.8 Å². The molecule has 0 bridgehead atoms. The predicted octanol–water partition coefficient (Wildman–Crippen LogP) is 2.53. The molecule has 0 saturated heterocycles. The zero-order valence-electron chi connectivity index (χ0n) is 12.8. The first kappa shape index (κ1) is 16.6. The van der Waals surface area contributed by atoms with Gasteiger partial charge in [0.05, 0.1) is 13.7 Å². The predicted molar refractivity (Wildman–Crippen MR) is 81.0 cm³/mol. The van der Waals surface area contributed by atoms with Gasteiger partial charge in [0.15, 0.2) is 11.5 Å². The van der Waals surface area contributed by atoms with E-state index in [0.717, 1.165) is 0 Å². The molecular formula is C16H20N2O3. The monoisotopic (exact) mass is 288 g/mol. The maximum atomic E-state index is 11.9. The molecule has 0 aliphatic heterocycles. The molecule has 1 N–H and O–H groups in total. The van der Waals surface area contributed by atoms with Gasteiger partial charge in [0, 0.05) is 6.04 Å². The Bertz CT molecular complexity index is 571. The van der Waals surface area contributed by atoms with E-state index in [4.69, 9.17) is 14.7 Å². The second kappa shape index (κ2) is 7.95.